The lowest BCUT2D eigenvalue weighted by Crippen LogP contribution is -2.42. The number of aliphatic imine (C=N–C) groups is 1. The molecule has 1 aromatic rings. The first-order valence-electron chi connectivity index (χ1n) is 10.7. The zero-order valence-electron chi connectivity index (χ0n) is 18.2. The van der Waals surface area contributed by atoms with E-state index in [1.54, 1.807) is 31.4 Å². The molecule has 0 saturated heterocycles. The molecule has 0 radical (unpaired) electrons. The zero-order valence-corrected chi connectivity index (χ0v) is 20.5. The Morgan fingerprint density at radius 3 is 2.37 bits per heavy atom. The van der Waals surface area contributed by atoms with Crippen molar-refractivity contribution in [3.63, 3.8) is 0 Å². The second kappa shape index (κ2) is 14.5. The number of guanidine groups is 1. The molecule has 0 unspecified atom stereocenters. The fourth-order valence-electron chi connectivity index (χ4n) is 3.82. The van der Waals surface area contributed by atoms with Crippen LogP contribution in [0.4, 0.5) is 0 Å². The third-order valence-corrected chi connectivity index (χ3v) is 5.53. The predicted octanol–water partition coefficient (Wildman–Crippen LogP) is 2.93. The average Bonchev–Trinajstić information content (AvgIpc) is 2.75. The van der Waals surface area contributed by atoms with Crippen LogP contribution in [0.5, 0.6) is 5.75 Å². The van der Waals surface area contributed by atoms with Crippen molar-refractivity contribution in [2.45, 2.75) is 45.4 Å². The van der Waals surface area contributed by atoms with Crippen molar-refractivity contribution in [1.82, 2.24) is 16.0 Å². The maximum Gasteiger partial charge on any atom is 0.251 e. The average molecular weight is 532 g/mol. The van der Waals surface area contributed by atoms with E-state index in [4.69, 9.17) is 9.73 Å². The van der Waals surface area contributed by atoms with Crippen molar-refractivity contribution in [2.75, 3.05) is 39.9 Å². The number of methoxy groups -OCH3 is 1. The fraction of sp³-hybridized carbons (Fsp3) is 0.636. The maximum atomic E-state index is 12.2. The van der Waals surface area contributed by atoms with E-state index in [1.807, 2.05) is 6.92 Å². The van der Waals surface area contributed by atoms with Gasteiger partial charge in [-0.05, 0) is 55.9 Å². The van der Waals surface area contributed by atoms with Crippen LogP contribution in [0.2, 0.25) is 0 Å². The number of carbonyl (C=O) groups is 1. The van der Waals surface area contributed by atoms with Crippen molar-refractivity contribution in [2.24, 2.45) is 10.4 Å². The maximum absolute atomic E-state index is 12.2. The standard InChI is InChI=1S/C22H36N4O3.HI/c1-3-23-21(26-17-22(13-16-27)11-5-4-6-12-22)25-15-14-24-20(28)18-7-9-19(29-2)10-8-18;/h7-10,27H,3-6,11-17H2,1-2H3,(H,24,28)(H2,23,25,26);1H. The van der Waals surface area contributed by atoms with Crippen molar-refractivity contribution in [3.05, 3.63) is 29.8 Å². The molecule has 1 aromatic carbocycles. The van der Waals surface area contributed by atoms with Crippen molar-refractivity contribution in [1.29, 1.82) is 0 Å². The molecule has 1 saturated carbocycles. The van der Waals surface area contributed by atoms with E-state index in [1.165, 1.54) is 19.3 Å². The highest BCUT2D eigenvalue weighted by Crippen LogP contribution is 2.39. The van der Waals surface area contributed by atoms with Crippen LogP contribution in [0.15, 0.2) is 29.3 Å². The van der Waals surface area contributed by atoms with E-state index < -0.39 is 0 Å². The summed E-state index contributed by atoms with van der Waals surface area (Å²) < 4.78 is 5.11. The van der Waals surface area contributed by atoms with E-state index in [0.29, 0.717) is 18.7 Å². The summed E-state index contributed by atoms with van der Waals surface area (Å²) in [6, 6.07) is 7.04. The van der Waals surface area contributed by atoms with Crippen LogP contribution in [-0.2, 0) is 0 Å². The number of carbonyl (C=O) groups excluding carboxylic acids is 1. The summed E-state index contributed by atoms with van der Waals surface area (Å²) in [7, 11) is 1.60. The summed E-state index contributed by atoms with van der Waals surface area (Å²) in [4.78, 5) is 17.0. The third-order valence-electron chi connectivity index (χ3n) is 5.53. The van der Waals surface area contributed by atoms with Crippen LogP contribution in [0.3, 0.4) is 0 Å². The smallest absolute Gasteiger partial charge is 0.251 e. The summed E-state index contributed by atoms with van der Waals surface area (Å²) in [6.45, 7) is 4.83. The quantitative estimate of drug-likeness (QED) is 0.161. The van der Waals surface area contributed by atoms with E-state index in [0.717, 1.165) is 44.1 Å². The minimum absolute atomic E-state index is 0. The lowest BCUT2D eigenvalue weighted by atomic mass is 9.72. The van der Waals surface area contributed by atoms with Gasteiger partial charge >= 0.3 is 0 Å². The van der Waals surface area contributed by atoms with Crippen LogP contribution in [-0.4, -0.2) is 56.9 Å². The number of aliphatic hydroxyl groups is 1. The third kappa shape index (κ3) is 8.67. The fourth-order valence-corrected chi connectivity index (χ4v) is 3.82. The van der Waals surface area contributed by atoms with Gasteiger partial charge in [-0.25, -0.2) is 0 Å². The van der Waals surface area contributed by atoms with Gasteiger partial charge < -0.3 is 25.8 Å². The highest BCUT2D eigenvalue weighted by Gasteiger charge is 2.31. The Morgan fingerprint density at radius 2 is 1.77 bits per heavy atom. The van der Waals surface area contributed by atoms with Gasteiger partial charge in [0.05, 0.1) is 7.11 Å². The van der Waals surface area contributed by atoms with Crippen LogP contribution < -0.4 is 20.7 Å². The molecular formula is C22H37IN4O3. The first-order chi connectivity index (χ1) is 14.1. The Kier molecular flexibility index (Phi) is 12.8. The first-order valence-corrected chi connectivity index (χ1v) is 10.7. The van der Waals surface area contributed by atoms with Gasteiger partial charge in [-0.2, -0.15) is 0 Å². The monoisotopic (exact) mass is 532 g/mol. The second-order valence-corrected chi connectivity index (χ2v) is 7.64. The summed E-state index contributed by atoms with van der Waals surface area (Å²) in [6.07, 6.45) is 6.80. The van der Waals surface area contributed by atoms with E-state index >= 15 is 0 Å². The molecule has 7 nitrogen and oxygen atoms in total. The van der Waals surface area contributed by atoms with Gasteiger partial charge in [0.25, 0.3) is 5.91 Å². The van der Waals surface area contributed by atoms with Gasteiger partial charge in [-0.1, -0.05) is 19.3 Å². The number of hydrogen-bond acceptors (Lipinski definition) is 4. The number of ether oxygens (including phenoxy) is 1. The number of halogens is 1. The van der Waals surface area contributed by atoms with E-state index in [-0.39, 0.29) is 41.9 Å². The van der Waals surface area contributed by atoms with Gasteiger partial charge in [0.15, 0.2) is 5.96 Å². The van der Waals surface area contributed by atoms with Gasteiger partial charge in [0.1, 0.15) is 5.75 Å². The minimum Gasteiger partial charge on any atom is -0.497 e. The Bertz CT molecular complexity index is 641. The number of amides is 1. The topological polar surface area (TPSA) is 95.0 Å². The molecule has 4 N–H and O–H groups in total. The summed E-state index contributed by atoms with van der Waals surface area (Å²) in [5.74, 6) is 1.38. The van der Waals surface area contributed by atoms with Crippen LogP contribution >= 0.6 is 24.0 Å². The Hall–Kier alpha value is -1.55. The van der Waals surface area contributed by atoms with E-state index in [9.17, 15) is 9.90 Å². The number of nitrogens with zero attached hydrogens (tertiary/aromatic N) is 1. The lowest BCUT2D eigenvalue weighted by molar-refractivity contribution is 0.0954. The Morgan fingerprint density at radius 1 is 1.10 bits per heavy atom. The summed E-state index contributed by atoms with van der Waals surface area (Å²) in [5, 5.41) is 18.9. The van der Waals surface area contributed by atoms with Crippen molar-refractivity contribution >= 4 is 35.8 Å². The second-order valence-electron chi connectivity index (χ2n) is 7.64. The molecule has 8 heteroatoms. The Balaban J connectivity index is 0.00000450. The molecule has 1 aliphatic carbocycles. The van der Waals surface area contributed by atoms with Gasteiger partial charge in [-0.15, -0.1) is 24.0 Å². The molecule has 170 valence electrons. The zero-order chi connectivity index (χ0) is 21.0. The molecular weight excluding hydrogens is 495 g/mol. The molecule has 1 fully saturated rings. The molecule has 1 aliphatic rings. The highest BCUT2D eigenvalue weighted by atomic mass is 127. The highest BCUT2D eigenvalue weighted by molar-refractivity contribution is 14.0. The van der Waals surface area contributed by atoms with Crippen molar-refractivity contribution < 1.29 is 14.6 Å². The molecule has 0 heterocycles. The summed E-state index contributed by atoms with van der Waals surface area (Å²) in [5.41, 5.74) is 0.729. The predicted molar refractivity (Wildman–Crippen MR) is 132 cm³/mol. The lowest BCUT2D eigenvalue weighted by Gasteiger charge is -2.35. The molecule has 1 amide bonds. The first kappa shape index (κ1) is 26.5. The molecule has 0 aliphatic heterocycles. The van der Waals surface area contributed by atoms with Crippen LogP contribution in [0.25, 0.3) is 0 Å². The van der Waals surface area contributed by atoms with E-state index in [2.05, 4.69) is 16.0 Å². The van der Waals surface area contributed by atoms with Gasteiger partial charge in [-0.3, -0.25) is 9.79 Å². The number of nitrogens with one attached hydrogen (secondary N) is 3. The van der Waals surface area contributed by atoms with Crippen LogP contribution in [0, 0.1) is 5.41 Å². The minimum atomic E-state index is -0.111. The number of hydrogen-bond donors (Lipinski definition) is 4. The SMILES string of the molecule is CCNC(=NCC1(CCO)CCCCC1)NCCNC(=O)c1ccc(OC)cc1.I. The number of rotatable bonds is 10. The van der Waals surface area contributed by atoms with Gasteiger partial charge in [0.2, 0.25) is 0 Å². The molecule has 0 aromatic heterocycles. The number of benzene rings is 1. The van der Waals surface area contributed by atoms with Gasteiger partial charge in [0, 0.05) is 38.3 Å². The number of aliphatic hydroxyl groups excluding tert-OH is 1. The molecule has 0 atom stereocenters. The van der Waals surface area contributed by atoms with Crippen LogP contribution in [0.1, 0.15) is 55.8 Å². The normalized spacial score (nSPS) is 15.6. The summed E-state index contributed by atoms with van der Waals surface area (Å²) >= 11 is 0. The molecule has 2 rings (SSSR count). The van der Waals surface area contributed by atoms with Crippen molar-refractivity contribution in [3.8, 4) is 5.75 Å². The molecule has 30 heavy (non-hydrogen) atoms. The molecule has 0 bridgehead atoms. The largest absolute Gasteiger partial charge is 0.497 e. The Labute approximate surface area is 197 Å². The molecule has 0 spiro atoms.